The summed E-state index contributed by atoms with van der Waals surface area (Å²) in [5, 5.41) is 5.39. The number of nitrogens with zero attached hydrogens (tertiary/aromatic N) is 2. The predicted octanol–water partition coefficient (Wildman–Crippen LogP) is 6.46. The van der Waals surface area contributed by atoms with Crippen molar-refractivity contribution in [2.75, 3.05) is 0 Å². The van der Waals surface area contributed by atoms with E-state index in [9.17, 15) is 4.79 Å². The third-order valence-electron chi connectivity index (χ3n) is 4.32. The third-order valence-corrected chi connectivity index (χ3v) is 4.82. The van der Waals surface area contributed by atoms with Gasteiger partial charge >= 0.3 is 0 Å². The number of rotatable bonds is 5. The van der Waals surface area contributed by atoms with Crippen LogP contribution in [-0.4, -0.2) is 15.7 Å². The average molecular weight is 435 g/mol. The molecule has 0 unspecified atom stereocenters. The normalized spacial score (nSPS) is 11.3. The molecule has 4 aromatic rings. The van der Waals surface area contributed by atoms with Crippen LogP contribution in [0.3, 0.4) is 0 Å². The summed E-state index contributed by atoms with van der Waals surface area (Å²) in [5.41, 5.74) is 1.91. The van der Waals surface area contributed by atoms with Gasteiger partial charge in [0, 0.05) is 15.6 Å². The first-order valence-electron chi connectivity index (χ1n) is 9.15. The maximum Gasteiger partial charge on any atom is 0.278 e. The molecule has 1 aromatic heterocycles. The zero-order chi connectivity index (χ0) is 20.9. The standard InChI is InChI=1S/C24H16Cl2N2O2/c25-19-8-6-18(7-9-19)24(29)28-22(14-15-27-28)23(16-17-4-2-1-3-5-17)30-21-12-10-20(26)11-13-21/h1-16H/b23-16-. The molecule has 0 saturated heterocycles. The summed E-state index contributed by atoms with van der Waals surface area (Å²) in [5.74, 6) is 0.780. The lowest BCUT2D eigenvalue weighted by atomic mass is 10.1. The second-order valence-electron chi connectivity index (χ2n) is 6.42. The van der Waals surface area contributed by atoms with Crippen molar-refractivity contribution in [1.82, 2.24) is 9.78 Å². The molecular weight excluding hydrogens is 419 g/mol. The molecule has 1 heterocycles. The summed E-state index contributed by atoms with van der Waals surface area (Å²) in [7, 11) is 0. The van der Waals surface area contributed by atoms with Crippen molar-refractivity contribution < 1.29 is 9.53 Å². The van der Waals surface area contributed by atoms with Crippen LogP contribution in [-0.2, 0) is 0 Å². The Morgan fingerprint density at radius 3 is 2.13 bits per heavy atom. The predicted molar refractivity (Wildman–Crippen MR) is 120 cm³/mol. The van der Waals surface area contributed by atoms with Gasteiger partial charge in [-0.25, -0.2) is 0 Å². The molecule has 6 heteroatoms. The quantitative estimate of drug-likeness (QED) is 0.338. The maximum absolute atomic E-state index is 13.1. The van der Waals surface area contributed by atoms with Crippen LogP contribution in [0.2, 0.25) is 10.0 Å². The monoisotopic (exact) mass is 434 g/mol. The molecule has 3 aromatic carbocycles. The van der Waals surface area contributed by atoms with Crippen LogP contribution < -0.4 is 4.74 Å². The molecule has 0 saturated carbocycles. The van der Waals surface area contributed by atoms with Crippen molar-refractivity contribution in [2.45, 2.75) is 0 Å². The molecule has 0 spiro atoms. The molecular formula is C24H16Cl2N2O2. The van der Waals surface area contributed by atoms with Gasteiger partial charge in [0.15, 0.2) is 5.76 Å². The van der Waals surface area contributed by atoms with E-state index in [1.54, 1.807) is 60.8 Å². The largest absolute Gasteiger partial charge is 0.455 e. The Bertz CT molecular complexity index is 1180. The molecule has 0 atom stereocenters. The van der Waals surface area contributed by atoms with Gasteiger partial charge in [-0.3, -0.25) is 4.79 Å². The number of carbonyl (C=O) groups is 1. The van der Waals surface area contributed by atoms with E-state index < -0.39 is 0 Å². The first-order chi connectivity index (χ1) is 14.6. The summed E-state index contributed by atoms with van der Waals surface area (Å²) < 4.78 is 7.45. The highest BCUT2D eigenvalue weighted by molar-refractivity contribution is 6.30. The number of ether oxygens (including phenoxy) is 1. The first kappa shape index (κ1) is 20.0. The van der Waals surface area contributed by atoms with Gasteiger partial charge in [0.2, 0.25) is 0 Å². The Hall–Kier alpha value is -3.34. The number of aromatic nitrogens is 2. The maximum atomic E-state index is 13.1. The number of hydrogen-bond acceptors (Lipinski definition) is 3. The molecule has 0 bridgehead atoms. The lowest BCUT2D eigenvalue weighted by Crippen LogP contribution is -2.17. The molecule has 4 nitrogen and oxygen atoms in total. The molecule has 0 N–H and O–H groups in total. The van der Waals surface area contributed by atoms with Gasteiger partial charge in [-0.2, -0.15) is 9.78 Å². The number of hydrogen-bond donors (Lipinski definition) is 0. The van der Waals surface area contributed by atoms with Gasteiger partial charge in [0.25, 0.3) is 5.91 Å². The Morgan fingerprint density at radius 1 is 0.833 bits per heavy atom. The van der Waals surface area contributed by atoms with Crippen LogP contribution >= 0.6 is 23.2 Å². The molecule has 0 fully saturated rings. The SMILES string of the molecule is O=C(c1ccc(Cl)cc1)n1nccc1/C(=C/c1ccccc1)Oc1ccc(Cl)cc1. The summed E-state index contributed by atoms with van der Waals surface area (Å²) in [6.45, 7) is 0. The Balaban J connectivity index is 1.75. The number of benzene rings is 3. The Morgan fingerprint density at radius 2 is 1.47 bits per heavy atom. The molecule has 0 aliphatic rings. The fraction of sp³-hybridized carbons (Fsp3) is 0. The number of carbonyl (C=O) groups excluding carboxylic acids is 1. The van der Waals surface area contributed by atoms with E-state index in [-0.39, 0.29) is 5.91 Å². The summed E-state index contributed by atoms with van der Waals surface area (Å²) >= 11 is 11.9. The van der Waals surface area contributed by atoms with Crippen molar-refractivity contribution in [3.05, 3.63) is 118 Å². The van der Waals surface area contributed by atoms with Crippen LogP contribution in [0.4, 0.5) is 0 Å². The zero-order valence-electron chi connectivity index (χ0n) is 15.7. The highest BCUT2D eigenvalue weighted by atomic mass is 35.5. The minimum atomic E-state index is -0.287. The highest BCUT2D eigenvalue weighted by Gasteiger charge is 2.18. The van der Waals surface area contributed by atoms with Gasteiger partial charge in [0.05, 0.1) is 6.20 Å². The molecule has 0 aliphatic heterocycles. The second-order valence-corrected chi connectivity index (χ2v) is 7.29. The van der Waals surface area contributed by atoms with E-state index >= 15 is 0 Å². The van der Waals surface area contributed by atoms with Crippen molar-refractivity contribution in [2.24, 2.45) is 0 Å². The van der Waals surface area contributed by atoms with Crippen LogP contribution in [0.15, 0.2) is 91.1 Å². The fourth-order valence-electron chi connectivity index (χ4n) is 2.85. The van der Waals surface area contributed by atoms with E-state index in [0.29, 0.717) is 32.8 Å². The Labute approximate surface area is 183 Å². The third kappa shape index (κ3) is 4.62. The van der Waals surface area contributed by atoms with Gasteiger partial charge in [-0.15, -0.1) is 0 Å². The van der Waals surface area contributed by atoms with Gasteiger partial charge in [-0.1, -0.05) is 53.5 Å². The van der Waals surface area contributed by atoms with Crippen molar-refractivity contribution in [3.8, 4) is 5.75 Å². The molecule has 0 radical (unpaired) electrons. The Kier molecular flexibility index (Phi) is 5.98. The molecule has 148 valence electrons. The topological polar surface area (TPSA) is 44.1 Å². The lowest BCUT2D eigenvalue weighted by Gasteiger charge is -2.12. The highest BCUT2D eigenvalue weighted by Crippen LogP contribution is 2.25. The van der Waals surface area contributed by atoms with Crippen LogP contribution in [0.5, 0.6) is 5.75 Å². The van der Waals surface area contributed by atoms with Gasteiger partial charge in [0.1, 0.15) is 11.4 Å². The minimum absolute atomic E-state index is 0.287. The molecule has 4 rings (SSSR count). The first-order valence-corrected chi connectivity index (χ1v) is 9.90. The van der Waals surface area contributed by atoms with Crippen LogP contribution in [0.1, 0.15) is 21.6 Å². The van der Waals surface area contributed by atoms with E-state index in [1.165, 1.54) is 4.68 Å². The smallest absolute Gasteiger partial charge is 0.278 e. The zero-order valence-corrected chi connectivity index (χ0v) is 17.2. The lowest BCUT2D eigenvalue weighted by molar-refractivity contribution is 0.0943. The average Bonchev–Trinajstić information content (AvgIpc) is 3.25. The van der Waals surface area contributed by atoms with Crippen molar-refractivity contribution >= 4 is 40.9 Å². The summed E-state index contributed by atoms with van der Waals surface area (Å²) in [6, 6.07) is 25.1. The van der Waals surface area contributed by atoms with E-state index in [1.807, 2.05) is 36.4 Å². The van der Waals surface area contributed by atoms with E-state index in [0.717, 1.165) is 5.56 Å². The second kappa shape index (κ2) is 8.99. The van der Waals surface area contributed by atoms with Gasteiger partial charge in [-0.05, 0) is 66.2 Å². The number of halogens is 2. The molecule has 0 amide bonds. The van der Waals surface area contributed by atoms with Crippen LogP contribution in [0, 0.1) is 0 Å². The molecule has 0 aliphatic carbocycles. The van der Waals surface area contributed by atoms with Crippen molar-refractivity contribution in [3.63, 3.8) is 0 Å². The van der Waals surface area contributed by atoms with E-state index in [2.05, 4.69) is 5.10 Å². The van der Waals surface area contributed by atoms with Gasteiger partial charge < -0.3 is 4.74 Å². The van der Waals surface area contributed by atoms with E-state index in [4.69, 9.17) is 27.9 Å². The minimum Gasteiger partial charge on any atom is -0.455 e. The molecule has 30 heavy (non-hydrogen) atoms. The van der Waals surface area contributed by atoms with Crippen LogP contribution in [0.25, 0.3) is 11.8 Å². The fourth-order valence-corrected chi connectivity index (χ4v) is 3.10. The summed E-state index contributed by atoms with van der Waals surface area (Å²) in [4.78, 5) is 13.1. The van der Waals surface area contributed by atoms with Crippen molar-refractivity contribution in [1.29, 1.82) is 0 Å². The summed E-state index contributed by atoms with van der Waals surface area (Å²) in [6.07, 6.45) is 3.42.